The highest BCUT2D eigenvalue weighted by Crippen LogP contribution is 2.12. The molecule has 0 saturated carbocycles. The van der Waals surface area contributed by atoms with Crippen LogP contribution < -0.4 is 5.32 Å². The zero-order chi connectivity index (χ0) is 10.7. The predicted molar refractivity (Wildman–Crippen MR) is 61.2 cm³/mol. The minimum absolute atomic E-state index is 0.105. The number of para-hydroxylation sites is 1. The summed E-state index contributed by atoms with van der Waals surface area (Å²) >= 11 is 1.21. The third-order valence-corrected chi connectivity index (χ3v) is 2.76. The second-order valence-corrected chi connectivity index (χ2v) is 3.96. The van der Waals surface area contributed by atoms with Gasteiger partial charge in [-0.05, 0) is 36.7 Å². The molecule has 0 saturated heterocycles. The molecule has 1 aromatic heterocycles. The molecular weight excluding hydrogens is 208 g/mol. The second kappa shape index (κ2) is 4.23. The molecule has 2 aromatic rings. The van der Waals surface area contributed by atoms with E-state index in [4.69, 9.17) is 0 Å². The van der Waals surface area contributed by atoms with Crippen molar-refractivity contribution in [3.8, 4) is 0 Å². The zero-order valence-electron chi connectivity index (χ0n) is 8.23. The maximum absolute atomic E-state index is 11.7. The lowest BCUT2D eigenvalue weighted by Crippen LogP contribution is -2.09. The molecule has 0 atom stereocenters. The van der Waals surface area contributed by atoms with Crippen LogP contribution in [0.25, 0.3) is 0 Å². The Morgan fingerprint density at radius 3 is 2.67 bits per heavy atom. The minimum Gasteiger partial charge on any atom is -0.321 e. The lowest BCUT2D eigenvalue weighted by Gasteiger charge is -2.01. The van der Waals surface area contributed by atoms with E-state index in [1.165, 1.54) is 11.5 Å². The zero-order valence-corrected chi connectivity index (χ0v) is 9.04. The summed E-state index contributed by atoms with van der Waals surface area (Å²) in [6, 6.07) is 11.2. The Morgan fingerprint density at radius 1 is 1.33 bits per heavy atom. The van der Waals surface area contributed by atoms with Crippen molar-refractivity contribution < 1.29 is 4.79 Å². The van der Waals surface area contributed by atoms with Crippen molar-refractivity contribution in [1.29, 1.82) is 0 Å². The van der Waals surface area contributed by atoms with E-state index in [1.807, 2.05) is 37.3 Å². The molecule has 0 unspecified atom stereocenters. The number of anilines is 1. The monoisotopic (exact) mass is 218 g/mol. The molecule has 2 rings (SSSR count). The Morgan fingerprint density at radius 2 is 2.07 bits per heavy atom. The van der Waals surface area contributed by atoms with E-state index in [1.54, 1.807) is 6.07 Å². The number of carbonyl (C=O) groups is 1. The lowest BCUT2D eigenvalue weighted by molar-refractivity contribution is 0.103. The molecule has 0 spiro atoms. The maximum Gasteiger partial charge on any atom is 0.267 e. The van der Waals surface area contributed by atoms with Crippen LogP contribution in [0.1, 0.15) is 15.4 Å². The van der Waals surface area contributed by atoms with Crippen LogP contribution >= 0.6 is 11.5 Å². The first-order chi connectivity index (χ1) is 7.25. The summed E-state index contributed by atoms with van der Waals surface area (Å²) in [6.07, 6.45) is 0. The SMILES string of the molecule is Cc1cc(C(=O)Nc2ccccc2)sn1. The summed E-state index contributed by atoms with van der Waals surface area (Å²) in [6.45, 7) is 1.87. The number of amides is 1. The average molecular weight is 218 g/mol. The van der Waals surface area contributed by atoms with Crippen molar-refractivity contribution in [1.82, 2.24) is 4.37 Å². The molecule has 1 N–H and O–H groups in total. The van der Waals surface area contributed by atoms with Crippen molar-refractivity contribution in [2.45, 2.75) is 6.92 Å². The van der Waals surface area contributed by atoms with Crippen LogP contribution in [0.4, 0.5) is 5.69 Å². The minimum atomic E-state index is -0.105. The molecule has 0 bridgehead atoms. The number of aryl methyl sites for hydroxylation is 1. The summed E-state index contributed by atoms with van der Waals surface area (Å²) < 4.78 is 4.06. The number of carbonyl (C=O) groups excluding carboxylic acids is 1. The molecule has 15 heavy (non-hydrogen) atoms. The molecule has 1 heterocycles. The Hall–Kier alpha value is -1.68. The number of hydrogen-bond acceptors (Lipinski definition) is 3. The van der Waals surface area contributed by atoms with Gasteiger partial charge in [-0.1, -0.05) is 18.2 Å². The third kappa shape index (κ3) is 2.41. The van der Waals surface area contributed by atoms with E-state index < -0.39 is 0 Å². The van der Waals surface area contributed by atoms with Crippen LogP contribution in [0, 0.1) is 6.92 Å². The van der Waals surface area contributed by atoms with Crippen LogP contribution in [0.5, 0.6) is 0 Å². The first kappa shape index (κ1) is 9.86. The Bertz CT molecular complexity index is 464. The molecule has 1 aromatic carbocycles. The number of rotatable bonds is 2. The third-order valence-electron chi connectivity index (χ3n) is 1.88. The fourth-order valence-electron chi connectivity index (χ4n) is 1.18. The summed E-state index contributed by atoms with van der Waals surface area (Å²) in [5.41, 5.74) is 1.67. The van der Waals surface area contributed by atoms with Crippen molar-refractivity contribution in [2.24, 2.45) is 0 Å². The predicted octanol–water partition coefficient (Wildman–Crippen LogP) is 2.70. The number of aromatic nitrogens is 1. The molecule has 0 radical (unpaired) electrons. The fraction of sp³-hybridized carbons (Fsp3) is 0.0909. The van der Waals surface area contributed by atoms with Gasteiger partial charge in [0.25, 0.3) is 5.91 Å². The van der Waals surface area contributed by atoms with E-state index in [0.717, 1.165) is 11.4 Å². The Kier molecular flexibility index (Phi) is 2.78. The maximum atomic E-state index is 11.7. The van der Waals surface area contributed by atoms with Gasteiger partial charge < -0.3 is 5.32 Å². The van der Waals surface area contributed by atoms with Gasteiger partial charge in [-0.25, -0.2) is 0 Å². The van der Waals surface area contributed by atoms with Crippen molar-refractivity contribution in [3.05, 3.63) is 47.0 Å². The standard InChI is InChI=1S/C11H10N2OS/c1-8-7-10(15-13-8)11(14)12-9-5-3-2-4-6-9/h2-7H,1H3,(H,12,14). The van der Waals surface area contributed by atoms with Gasteiger partial charge in [-0.2, -0.15) is 4.37 Å². The van der Waals surface area contributed by atoms with Gasteiger partial charge in [0.15, 0.2) is 0 Å². The van der Waals surface area contributed by atoms with Crippen LogP contribution in [0.3, 0.4) is 0 Å². The van der Waals surface area contributed by atoms with Crippen LogP contribution in [0.15, 0.2) is 36.4 Å². The van der Waals surface area contributed by atoms with Gasteiger partial charge in [-0.15, -0.1) is 0 Å². The van der Waals surface area contributed by atoms with E-state index in [0.29, 0.717) is 4.88 Å². The lowest BCUT2D eigenvalue weighted by atomic mass is 10.3. The highest BCUT2D eigenvalue weighted by atomic mass is 32.1. The molecule has 0 aliphatic rings. The second-order valence-electron chi connectivity index (χ2n) is 3.15. The molecule has 76 valence electrons. The van der Waals surface area contributed by atoms with E-state index in [9.17, 15) is 4.79 Å². The van der Waals surface area contributed by atoms with Crippen LogP contribution in [-0.2, 0) is 0 Å². The Balaban J connectivity index is 2.11. The summed E-state index contributed by atoms with van der Waals surface area (Å²) in [7, 11) is 0. The quantitative estimate of drug-likeness (QED) is 0.842. The molecule has 3 nitrogen and oxygen atoms in total. The summed E-state index contributed by atoms with van der Waals surface area (Å²) in [4.78, 5) is 12.3. The smallest absolute Gasteiger partial charge is 0.267 e. The molecule has 1 amide bonds. The van der Waals surface area contributed by atoms with Crippen molar-refractivity contribution >= 4 is 23.1 Å². The van der Waals surface area contributed by atoms with Gasteiger partial charge in [0.05, 0.1) is 5.69 Å². The van der Waals surface area contributed by atoms with Gasteiger partial charge in [0, 0.05) is 5.69 Å². The van der Waals surface area contributed by atoms with Gasteiger partial charge in [-0.3, -0.25) is 4.79 Å². The number of nitrogens with one attached hydrogen (secondary N) is 1. The van der Waals surface area contributed by atoms with Crippen LogP contribution in [-0.4, -0.2) is 10.3 Å². The Labute approximate surface area is 91.9 Å². The highest BCUT2D eigenvalue weighted by Gasteiger charge is 2.08. The summed E-state index contributed by atoms with van der Waals surface area (Å²) in [5, 5.41) is 2.80. The van der Waals surface area contributed by atoms with E-state index >= 15 is 0 Å². The van der Waals surface area contributed by atoms with Crippen molar-refractivity contribution in [3.63, 3.8) is 0 Å². The summed E-state index contributed by atoms with van der Waals surface area (Å²) in [5.74, 6) is -0.105. The molecule has 0 aliphatic heterocycles. The largest absolute Gasteiger partial charge is 0.321 e. The van der Waals surface area contributed by atoms with E-state index in [-0.39, 0.29) is 5.91 Å². The van der Waals surface area contributed by atoms with E-state index in [2.05, 4.69) is 9.69 Å². The number of benzene rings is 1. The molecule has 0 fully saturated rings. The number of hydrogen-bond donors (Lipinski definition) is 1. The topological polar surface area (TPSA) is 42.0 Å². The van der Waals surface area contributed by atoms with Gasteiger partial charge >= 0.3 is 0 Å². The fourth-order valence-corrected chi connectivity index (χ4v) is 1.84. The molecule has 4 heteroatoms. The first-order valence-corrected chi connectivity index (χ1v) is 5.33. The highest BCUT2D eigenvalue weighted by molar-refractivity contribution is 7.08. The number of nitrogens with zero attached hydrogens (tertiary/aromatic N) is 1. The van der Waals surface area contributed by atoms with Crippen molar-refractivity contribution in [2.75, 3.05) is 5.32 Å². The normalized spacial score (nSPS) is 9.93. The molecule has 0 aliphatic carbocycles. The molecular formula is C11H10N2OS. The van der Waals surface area contributed by atoms with Gasteiger partial charge in [0.1, 0.15) is 4.88 Å². The van der Waals surface area contributed by atoms with Crippen LogP contribution in [0.2, 0.25) is 0 Å². The average Bonchev–Trinajstić information content (AvgIpc) is 2.66. The van der Waals surface area contributed by atoms with Gasteiger partial charge in [0.2, 0.25) is 0 Å². The first-order valence-electron chi connectivity index (χ1n) is 4.55.